The van der Waals surface area contributed by atoms with E-state index in [0.717, 1.165) is 23.4 Å². The van der Waals surface area contributed by atoms with Crippen LogP contribution in [0.2, 0.25) is 0 Å². The average Bonchev–Trinajstić information content (AvgIpc) is 2.96. The van der Waals surface area contributed by atoms with Crippen molar-refractivity contribution in [3.05, 3.63) is 45.9 Å². The second-order valence-electron chi connectivity index (χ2n) is 4.85. The summed E-state index contributed by atoms with van der Waals surface area (Å²) in [6, 6.07) is 7.36. The highest BCUT2D eigenvalue weighted by molar-refractivity contribution is 7.09. The second-order valence-corrected chi connectivity index (χ2v) is 5.74. The molecule has 0 aliphatic rings. The molecular formula is C15H20N4OS. The summed E-state index contributed by atoms with van der Waals surface area (Å²) >= 11 is 1.43. The summed E-state index contributed by atoms with van der Waals surface area (Å²) in [5.41, 5.74) is 13.8. The van der Waals surface area contributed by atoms with Gasteiger partial charge in [-0.15, -0.1) is 11.3 Å². The predicted octanol–water partition coefficient (Wildman–Crippen LogP) is 2.46. The number of aromatic nitrogens is 1. The molecule has 6 heteroatoms. The summed E-state index contributed by atoms with van der Waals surface area (Å²) in [5.74, 6) is -0.204. The van der Waals surface area contributed by atoms with E-state index in [4.69, 9.17) is 11.5 Å². The SMILES string of the molecule is CCCC(N)c1nc(C(=O)NCc2ccccc2N)cs1. The summed E-state index contributed by atoms with van der Waals surface area (Å²) in [4.78, 5) is 16.4. The molecule has 0 radical (unpaired) electrons. The molecule has 1 aromatic carbocycles. The van der Waals surface area contributed by atoms with Gasteiger partial charge >= 0.3 is 0 Å². The maximum atomic E-state index is 12.1. The Morgan fingerprint density at radius 1 is 1.43 bits per heavy atom. The van der Waals surface area contributed by atoms with Crippen LogP contribution in [-0.2, 0) is 6.54 Å². The molecule has 0 saturated heterocycles. The van der Waals surface area contributed by atoms with E-state index in [-0.39, 0.29) is 11.9 Å². The molecule has 5 N–H and O–H groups in total. The smallest absolute Gasteiger partial charge is 0.271 e. The van der Waals surface area contributed by atoms with E-state index < -0.39 is 0 Å². The first-order valence-corrected chi connectivity index (χ1v) is 7.82. The van der Waals surface area contributed by atoms with Crippen LogP contribution in [0.5, 0.6) is 0 Å². The lowest BCUT2D eigenvalue weighted by molar-refractivity contribution is 0.0946. The van der Waals surface area contributed by atoms with Crippen molar-refractivity contribution in [1.82, 2.24) is 10.3 Å². The third kappa shape index (κ3) is 4.03. The molecule has 21 heavy (non-hydrogen) atoms. The van der Waals surface area contributed by atoms with E-state index in [1.165, 1.54) is 11.3 Å². The molecule has 112 valence electrons. The van der Waals surface area contributed by atoms with Crippen molar-refractivity contribution in [2.75, 3.05) is 5.73 Å². The van der Waals surface area contributed by atoms with Gasteiger partial charge < -0.3 is 16.8 Å². The third-order valence-electron chi connectivity index (χ3n) is 3.17. The summed E-state index contributed by atoms with van der Waals surface area (Å²) < 4.78 is 0. The molecule has 1 unspecified atom stereocenters. The van der Waals surface area contributed by atoms with Crippen molar-refractivity contribution in [2.24, 2.45) is 5.73 Å². The number of carbonyl (C=O) groups excluding carboxylic acids is 1. The van der Waals surface area contributed by atoms with Crippen LogP contribution >= 0.6 is 11.3 Å². The zero-order chi connectivity index (χ0) is 15.2. The van der Waals surface area contributed by atoms with Crippen molar-refractivity contribution < 1.29 is 4.79 Å². The predicted molar refractivity (Wildman–Crippen MR) is 86.0 cm³/mol. The minimum Gasteiger partial charge on any atom is -0.398 e. The Morgan fingerprint density at radius 2 is 2.19 bits per heavy atom. The number of nitrogens with one attached hydrogen (secondary N) is 1. The van der Waals surface area contributed by atoms with Crippen LogP contribution in [0.25, 0.3) is 0 Å². The molecule has 2 aromatic rings. The van der Waals surface area contributed by atoms with Gasteiger partial charge in [0.25, 0.3) is 5.91 Å². The van der Waals surface area contributed by atoms with E-state index in [0.29, 0.717) is 17.9 Å². The number of nitrogens with two attached hydrogens (primary N) is 2. The van der Waals surface area contributed by atoms with Gasteiger partial charge in [-0.2, -0.15) is 0 Å². The highest BCUT2D eigenvalue weighted by Crippen LogP contribution is 2.20. The maximum Gasteiger partial charge on any atom is 0.271 e. The van der Waals surface area contributed by atoms with Crippen LogP contribution in [-0.4, -0.2) is 10.9 Å². The molecule has 0 fully saturated rings. The summed E-state index contributed by atoms with van der Waals surface area (Å²) in [5, 5.41) is 5.38. The monoisotopic (exact) mass is 304 g/mol. The number of benzene rings is 1. The van der Waals surface area contributed by atoms with Gasteiger partial charge in [-0.05, 0) is 18.1 Å². The number of thiazole rings is 1. The molecule has 0 aliphatic carbocycles. The fourth-order valence-electron chi connectivity index (χ4n) is 1.96. The minimum atomic E-state index is -0.204. The van der Waals surface area contributed by atoms with Gasteiger partial charge in [-0.25, -0.2) is 4.98 Å². The Morgan fingerprint density at radius 3 is 2.90 bits per heavy atom. The van der Waals surface area contributed by atoms with Gasteiger partial charge in [-0.1, -0.05) is 31.5 Å². The van der Waals surface area contributed by atoms with Crippen molar-refractivity contribution >= 4 is 22.9 Å². The van der Waals surface area contributed by atoms with Crippen LogP contribution in [0.15, 0.2) is 29.6 Å². The Labute approximate surface area is 128 Å². The number of hydrogen-bond donors (Lipinski definition) is 3. The lowest BCUT2D eigenvalue weighted by Gasteiger charge is -2.07. The van der Waals surface area contributed by atoms with Gasteiger partial charge in [0.1, 0.15) is 10.7 Å². The normalized spacial score (nSPS) is 12.1. The highest BCUT2D eigenvalue weighted by Gasteiger charge is 2.14. The molecule has 2 rings (SSSR count). The number of amides is 1. The first-order valence-electron chi connectivity index (χ1n) is 6.94. The number of nitrogens with zero attached hydrogens (tertiary/aromatic N) is 1. The van der Waals surface area contributed by atoms with Gasteiger partial charge in [-0.3, -0.25) is 4.79 Å². The molecule has 0 spiro atoms. The van der Waals surface area contributed by atoms with E-state index in [9.17, 15) is 4.79 Å². The molecule has 1 amide bonds. The van der Waals surface area contributed by atoms with Crippen molar-refractivity contribution in [3.8, 4) is 0 Å². The maximum absolute atomic E-state index is 12.1. The largest absolute Gasteiger partial charge is 0.398 e. The van der Waals surface area contributed by atoms with Gasteiger partial charge in [0.15, 0.2) is 0 Å². The highest BCUT2D eigenvalue weighted by atomic mass is 32.1. The summed E-state index contributed by atoms with van der Waals surface area (Å²) in [7, 11) is 0. The number of nitrogen functional groups attached to an aromatic ring is 1. The van der Waals surface area contributed by atoms with Gasteiger partial charge in [0, 0.05) is 17.6 Å². The van der Waals surface area contributed by atoms with E-state index in [2.05, 4.69) is 17.2 Å². The molecule has 1 heterocycles. The number of rotatable bonds is 6. The van der Waals surface area contributed by atoms with Gasteiger partial charge in [0.05, 0.1) is 6.04 Å². The molecule has 5 nitrogen and oxygen atoms in total. The first-order chi connectivity index (χ1) is 10.1. The molecule has 0 saturated carbocycles. The summed E-state index contributed by atoms with van der Waals surface area (Å²) in [6.45, 7) is 2.46. The first kappa shape index (κ1) is 15.5. The fourth-order valence-corrected chi connectivity index (χ4v) is 2.79. The Hall–Kier alpha value is -1.92. The number of carbonyl (C=O) groups is 1. The van der Waals surface area contributed by atoms with Crippen molar-refractivity contribution in [2.45, 2.75) is 32.4 Å². The number of hydrogen-bond acceptors (Lipinski definition) is 5. The van der Waals surface area contributed by atoms with Crippen LogP contribution in [0.1, 0.15) is 46.9 Å². The van der Waals surface area contributed by atoms with Crippen LogP contribution in [0.4, 0.5) is 5.69 Å². The Kier molecular flexibility index (Phi) is 5.30. The Balaban J connectivity index is 1.96. The fraction of sp³-hybridized carbons (Fsp3) is 0.333. The lowest BCUT2D eigenvalue weighted by Crippen LogP contribution is -2.23. The standard InChI is InChI=1S/C15H20N4OS/c1-2-5-12(17)15-19-13(9-21-15)14(20)18-8-10-6-3-4-7-11(10)16/h3-4,6-7,9,12H,2,5,8,16-17H2,1H3,(H,18,20). The lowest BCUT2D eigenvalue weighted by atomic mass is 10.2. The molecule has 0 aliphatic heterocycles. The molecule has 0 bridgehead atoms. The van der Waals surface area contributed by atoms with Crippen molar-refractivity contribution in [3.63, 3.8) is 0 Å². The molecular weight excluding hydrogens is 284 g/mol. The topological polar surface area (TPSA) is 94.0 Å². The van der Waals surface area contributed by atoms with E-state index in [1.54, 1.807) is 5.38 Å². The average molecular weight is 304 g/mol. The number of anilines is 1. The van der Waals surface area contributed by atoms with Crippen LogP contribution < -0.4 is 16.8 Å². The summed E-state index contributed by atoms with van der Waals surface area (Å²) in [6.07, 6.45) is 1.87. The van der Waals surface area contributed by atoms with Crippen LogP contribution in [0, 0.1) is 0 Å². The number of para-hydroxylation sites is 1. The molecule has 1 aromatic heterocycles. The Bertz CT molecular complexity index is 611. The quantitative estimate of drug-likeness (QED) is 0.714. The zero-order valence-electron chi connectivity index (χ0n) is 12.0. The third-order valence-corrected chi connectivity index (χ3v) is 4.14. The minimum absolute atomic E-state index is 0.0914. The van der Waals surface area contributed by atoms with Crippen LogP contribution in [0.3, 0.4) is 0 Å². The zero-order valence-corrected chi connectivity index (χ0v) is 12.8. The second kappa shape index (κ2) is 7.19. The van der Waals surface area contributed by atoms with E-state index in [1.807, 2.05) is 24.3 Å². The van der Waals surface area contributed by atoms with E-state index >= 15 is 0 Å². The van der Waals surface area contributed by atoms with Gasteiger partial charge in [0.2, 0.25) is 0 Å². The van der Waals surface area contributed by atoms with Crippen molar-refractivity contribution in [1.29, 1.82) is 0 Å². The molecule has 1 atom stereocenters.